The first-order valence-corrected chi connectivity index (χ1v) is 5.44. The lowest BCUT2D eigenvalue weighted by Gasteiger charge is -2.18. The van der Waals surface area contributed by atoms with Crippen LogP contribution < -0.4 is 0 Å². The summed E-state index contributed by atoms with van der Waals surface area (Å²) in [5.41, 5.74) is 1.64. The molecule has 1 aromatic rings. The van der Waals surface area contributed by atoms with E-state index in [4.69, 9.17) is 21.5 Å². The highest BCUT2D eigenvalue weighted by molar-refractivity contribution is 6.28. The lowest BCUT2D eigenvalue weighted by atomic mass is 10.1. The molecule has 0 amide bonds. The molecule has 0 bridgehead atoms. The van der Waals surface area contributed by atoms with E-state index in [0.717, 1.165) is 0 Å². The van der Waals surface area contributed by atoms with Crippen LogP contribution in [-0.2, 0) is 9.57 Å². The molecule has 1 aliphatic rings. The monoisotopic (exact) mass is 271 g/mol. The van der Waals surface area contributed by atoms with Crippen LogP contribution in [0.4, 0.5) is 4.79 Å². The topological polar surface area (TPSA) is 93.9 Å². The first-order valence-electron chi connectivity index (χ1n) is 5.06. The fourth-order valence-corrected chi connectivity index (χ4v) is 1.80. The van der Waals surface area contributed by atoms with Crippen LogP contribution in [0.1, 0.15) is 24.7 Å². The van der Waals surface area contributed by atoms with Crippen molar-refractivity contribution in [3.8, 4) is 0 Å². The number of oxime groups is 1. The van der Waals surface area contributed by atoms with Gasteiger partial charge in [0.1, 0.15) is 5.71 Å². The third-order valence-electron chi connectivity index (χ3n) is 2.26. The molecule has 1 aliphatic heterocycles. The number of nitrogens with zero attached hydrogens (tertiary/aromatic N) is 3. The molecule has 0 fully saturated rings. The maximum atomic E-state index is 10.5. The molecule has 0 saturated carbocycles. The van der Waals surface area contributed by atoms with E-state index in [1.54, 1.807) is 13.0 Å². The zero-order valence-electron chi connectivity index (χ0n) is 9.68. The Morgan fingerprint density at radius 1 is 1.61 bits per heavy atom. The number of aryl methyl sites for hydroxylation is 1. The zero-order valence-corrected chi connectivity index (χ0v) is 10.4. The number of rotatable bonds is 2. The summed E-state index contributed by atoms with van der Waals surface area (Å²) in [4.78, 5) is 23.4. The first kappa shape index (κ1) is 12.6. The molecule has 1 unspecified atom stereocenters. The number of halogens is 1. The fraction of sp³-hybridized carbons (Fsp3) is 0.400. The Morgan fingerprint density at radius 2 is 2.33 bits per heavy atom. The molecule has 1 atom stereocenters. The fourth-order valence-electron chi connectivity index (χ4n) is 1.58. The Balaban J connectivity index is 2.19. The highest BCUT2D eigenvalue weighted by Crippen LogP contribution is 2.27. The molecule has 7 nitrogen and oxygen atoms in total. The highest BCUT2D eigenvalue weighted by Gasteiger charge is 2.39. The van der Waals surface area contributed by atoms with Gasteiger partial charge in [-0.2, -0.15) is 0 Å². The number of ether oxygens (including phenoxy) is 1. The lowest BCUT2D eigenvalue weighted by Crippen LogP contribution is -2.31. The van der Waals surface area contributed by atoms with Crippen molar-refractivity contribution >= 4 is 23.5 Å². The van der Waals surface area contributed by atoms with Crippen LogP contribution in [0.5, 0.6) is 0 Å². The van der Waals surface area contributed by atoms with Crippen LogP contribution in [0.15, 0.2) is 11.2 Å². The van der Waals surface area contributed by atoms with Crippen molar-refractivity contribution in [2.75, 3.05) is 0 Å². The minimum absolute atomic E-state index is 0.0976. The molecule has 0 aliphatic carbocycles. The van der Waals surface area contributed by atoms with Crippen molar-refractivity contribution in [1.82, 2.24) is 9.97 Å². The summed E-state index contributed by atoms with van der Waals surface area (Å²) in [7, 11) is 0. The van der Waals surface area contributed by atoms with Gasteiger partial charge in [0, 0.05) is 12.6 Å². The molecule has 0 aromatic carbocycles. The molecule has 96 valence electrons. The lowest BCUT2D eigenvalue weighted by molar-refractivity contribution is -0.180. The molecule has 2 heterocycles. The van der Waals surface area contributed by atoms with Gasteiger partial charge in [0.2, 0.25) is 5.28 Å². The van der Waals surface area contributed by atoms with Crippen LogP contribution in [-0.4, -0.2) is 32.7 Å². The van der Waals surface area contributed by atoms with Crippen molar-refractivity contribution < 1.29 is 19.5 Å². The average molecular weight is 272 g/mol. The van der Waals surface area contributed by atoms with E-state index in [9.17, 15) is 4.79 Å². The maximum absolute atomic E-state index is 10.5. The summed E-state index contributed by atoms with van der Waals surface area (Å²) < 4.78 is 4.61. The summed E-state index contributed by atoms with van der Waals surface area (Å²) in [5.74, 6) is -1.33. The second-order valence-electron chi connectivity index (χ2n) is 3.97. The van der Waals surface area contributed by atoms with E-state index in [0.29, 0.717) is 17.1 Å². The summed E-state index contributed by atoms with van der Waals surface area (Å²) in [6.07, 6.45) is -1.27. The van der Waals surface area contributed by atoms with Gasteiger partial charge in [0.15, 0.2) is 0 Å². The Kier molecular flexibility index (Phi) is 3.08. The molecule has 8 heteroatoms. The molecule has 18 heavy (non-hydrogen) atoms. The summed E-state index contributed by atoms with van der Waals surface area (Å²) in [5, 5.41) is 12.5. The summed E-state index contributed by atoms with van der Waals surface area (Å²) in [6, 6.07) is 1.68. The summed E-state index contributed by atoms with van der Waals surface area (Å²) in [6.45, 7) is 3.24. The highest BCUT2D eigenvalue weighted by atomic mass is 35.5. The Hall–Kier alpha value is -1.89. The third kappa shape index (κ3) is 2.67. The van der Waals surface area contributed by atoms with E-state index >= 15 is 0 Å². The van der Waals surface area contributed by atoms with Gasteiger partial charge in [0.05, 0.1) is 12.1 Å². The molecule has 0 spiro atoms. The Labute approximate surface area is 107 Å². The van der Waals surface area contributed by atoms with Crippen molar-refractivity contribution in [3.63, 3.8) is 0 Å². The van der Waals surface area contributed by atoms with Gasteiger partial charge in [-0.3, -0.25) is 0 Å². The molecular weight excluding hydrogens is 262 g/mol. The van der Waals surface area contributed by atoms with Crippen LogP contribution in [0.3, 0.4) is 0 Å². The maximum Gasteiger partial charge on any atom is 0.509 e. The van der Waals surface area contributed by atoms with Crippen LogP contribution in [0.25, 0.3) is 0 Å². The van der Waals surface area contributed by atoms with Crippen molar-refractivity contribution in [3.05, 3.63) is 22.7 Å². The van der Waals surface area contributed by atoms with Crippen molar-refractivity contribution in [1.29, 1.82) is 0 Å². The third-order valence-corrected chi connectivity index (χ3v) is 2.43. The number of hydrogen-bond donors (Lipinski definition) is 1. The quantitative estimate of drug-likeness (QED) is 0.653. The predicted octanol–water partition coefficient (Wildman–Crippen LogP) is 1.97. The second-order valence-corrected chi connectivity index (χ2v) is 4.31. The van der Waals surface area contributed by atoms with E-state index in [1.807, 2.05) is 0 Å². The first-order chi connectivity index (χ1) is 8.38. The van der Waals surface area contributed by atoms with Gasteiger partial charge < -0.3 is 14.7 Å². The van der Waals surface area contributed by atoms with Crippen LogP contribution in [0, 0.1) is 6.92 Å². The van der Waals surface area contributed by atoms with E-state index in [2.05, 4.69) is 19.9 Å². The minimum atomic E-state index is -1.43. The summed E-state index contributed by atoms with van der Waals surface area (Å²) >= 11 is 5.74. The Bertz CT molecular complexity index is 514. The standard InChI is InChI=1S/C10H10ClN3O4/c1-5-3-6(13-8(11)12-5)7-4-10(2,18-14-7)17-9(15)16/h3H,4H2,1-2H3,(H,15,16). The van der Waals surface area contributed by atoms with Crippen LogP contribution in [0.2, 0.25) is 5.28 Å². The number of carbonyl (C=O) groups is 1. The number of aromatic nitrogens is 2. The van der Waals surface area contributed by atoms with Gasteiger partial charge in [-0.05, 0) is 24.6 Å². The van der Waals surface area contributed by atoms with Gasteiger partial charge in [-0.25, -0.2) is 14.8 Å². The van der Waals surface area contributed by atoms with E-state index in [1.165, 1.54) is 6.92 Å². The van der Waals surface area contributed by atoms with Crippen molar-refractivity contribution in [2.45, 2.75) is 26.1 Å². The normalized spacial score (nSPS) is 22.3. The van der Waals surface area contributed by atoms with Gasteiger partial charge in [0.25, 0.3) is 5.79 Å². The van der Waals surface area contributed by atoms with E-state index < -0.39 is 11.9 Å². The molecule has 0 radical (unpaired) electrons. The smallest absolute Gasteiger partial charge is 0.450 e. The molecular formula is C10H10ClN3O4. The molecule has 0 saturated heterocycles. The van der Waals surface area contributed by atoms with Gasteiger partial charge in [-0.15, -0.1) is 0 Å². The zero-order chi connectivity index (χ0) is 13.3. The second kappa shape index (κ2) is 4.41. The van der Waals surface area contributed by atoms with Gasteiger partial charge in [-0.1, -0.05) is 5.16 Å². The van der Waals surface area contributed by atoms with E-state index in [-0.39, 0.29) is 11.7 Å². The van der Waals surface area contributed by atoms with Gasteiger partial charge >= 0.3 is 6.16 Å². The predicted molar refractivity (Wildman–Crippen MR) is 61.5 cm³/mol. The largest absolute Gasteiger partial charge is 0.509 e. The number of carboxylic acid groups (broad SMARTS) is 1. The molecule has 1 N–H and O–H groups in total. The average Bonchev–Trinajstić information content (AvgIpc) is 2.57. The molecule has 1 aromatic heterocycles. The SMILES string of the molecule is Cc1cc(C2=NOC(C)(OC(=O)O)C2)nc(Cl)n1. The minimum Gasteiger partial charge on any atom is -0.450 e. The number of hydrogen-bond acceptors (Lipinski definition) is 6. The molecule has 2 rings (SSSR count). The van der Waals surface area contributed by atoms with Crippen LogP contribution >= 0.6 is 11.6 Å². The Morgan fingerprint density at radius 3 is 2.94 bits per heavy atom. The van der Waals surface area contributed by atoms with Crippen molar-refractivity contribution in [2.24, 2.45) is 5.16 Å².